The molecule has 0 saturated carbocycles. The summed E-state index contributed by atoms with van der Waals surface area (Å²) < 4.78 is 5.04. The molecule has 5 nitrogen and oxygen atoms in total. The molecular formula is C19H28N2O3. The molecule has 2 rings (SSSR count). The molecule has 24 heavy (non-hydrogen) atoms. The van der Waals surface area contributed by atoms with Crippen molar-refractivity contribution in [2.45, 2.75) is 32.3 Å². The number of piperidine rings is 1. The number of aliphatic imine (C=N–C) groups is 1. The zero-order valence-corrected chi connectivity index (χ0v) is 14.6. The highest BCUT2D eigenvalue weighted by molar-refractivity contribution is 5.79. The number of aliphatic hydroxyl groups is 1. The molecule has 0 aliphatic carbocycles. The maximum absolute atomic E-state index is 11.6. The summed E-state index contributed by atoms with van der Waals surface area (Å²) in [6, 6.07) is 7.82. The van der Waals surface area contributed by atoms with Crippen LogP contribution in [-0.2, 0) is 9.53 Å². The predicted octanol–water partition coefficient (Wildman–Crippen LogP) is 2.43. The molecule has 132 valence electrons. The molecule has 2 unspecified atom stereocenters. The number of ether oxygens (including phenoxy) is 1. The van der Waals surface area contributed by atoms with Gasteiger partial charge >= 0.3 is 5.97 Å². The van der Waals surface area contributed by atoms with Crippen LogP contribution in [0.5, 0.6) is 0 Å². The van der Waals surface area contributed by atoms with E-state index in [0.29, 0.717) is 25.5 Å². The lowest BCUT2D eigenvalue weighted by Gasteiger charge is -2.33. The van der Waals surface area contributed by atoms with Crippen LogP contribution in [0.25, 0.3) is 0 Å². The second kappa shape index (κ2) is 9.55. The molecule has 1 aromatic carbocycles. The van der Waals surface area contributed by atoms with Crippen molar-refractivity contribution in [1.29, 1.82) is 0 Å². The maximum Gasteiger partial charge on any atom is 0.306 e. The lowest BCUT2D eigenvalue weighted by Crippen LogP contribution is -2.38. The first kappa shape index (κ1) is 18.6. The Balaban J connectivity index is 1.86. The molecule has 1 aromatic rings. The summed E-state index contributed by atoms with van der Waals surface area (Å²) >= 11 is 0. The van der Waals surface area contributed by atoms with E-state index in [2.05, 4.69) is 9.89 Å². The SMILES string of the molecule is CCOC(=O)CC1CCCN(CC(O)c2ccc(C=NC)cc2)C1. The fraction of sp³-hybridized carbons (Fsp3) is 0.579. The number of β-amino-alcohol motifs (C(OH)–C–C–N with tert-alkyl or cyclic N) is 1. The van der Waals surface area contributed by atoms with Crippen LogP contribution < -0.4 is 0 Å². The van der Waals surface area contributed by atoms with Crippen LogP contribution in [-0.4, -0.2) is 55.5 Å². The summed E-state index contributed by atoms with van der Waals surface area (Å²) in [6.45, 7) is 4.68. The minimum atomic E-state index is -0.515. The molecule has 1 heterocycles. The second-order valence-electron chi connectivity index (χ2n) is 6.35. The summed E-state index contributed by atoms with van der Waals surface area (Å²) in [7, 11) is 1.74. The Hall–Kier alpha value is -1.72. The van der Waals surface area contributed by atoms with Gasteiger partial charge < -0.3 is 14.7 Å². The molecule has 0 spiro atoms. The third-order valence-electron chi connectivity index (χ3n) is 4.39. The van der Waals surface area contributed by atoms with Crippen molar-refractivity contribution in [3.63, 3.8) is 0 Å². The third-order valence-corrected chi connectivity index (χ3v) is 4.39. The van der Waals surface area contributed by atoms with Crippen LogP contribution in [0.3, 0.4) is 0 Å². The first-order valence-corrected chi connectivity index (χ1v) is 8.70. The largest absolute Gasteiger partial charge is 0.466 e. The number of benzene rings is 1. The van der Waals surface area contributed by atoms with Gasteiger partial charge in [0, 0.05) is 32.8 Å². The van der Waals surface area contributed by atoms with Crippen molar-refractivity contribution in [2.24, 2.45) is 10.9 Å². The maximum atomic E-state index is 11.6. The van der Waals surface area contributed by atoms with Crippen molar-refractivity contribution in [3.05, 3.63) is 35.4 Å². The number of hydrogen-bond donors (Lipinski definition) is 1. The lowest BCUT2D eigenvalue weighted by molar-refractivity contribution is -0.144. The van der Waals surface area contributed by atoms with Gasteiger partial charge in [-0.1, -0.05) is 24.3 Å². The van der Waals surface area contributed by atoms with Gasteiger partial charge in [-0.15, -0.1) is 0 Å². The number of aliphatic hydroxyl groups excluding tert-OH is 1. The summed E-state index contributed by atoms with van der Waals surface area (Å²) in [5.74, 6) is 0.214. The van der Waals surface area contributed by atoms with E-state index >= 15 is 0 Å². The molecule has 5 heteroatoms. The normalized spacial score (nSPS) is 20.2. The Morgan fingerprint density at radius 3 is 2.88 bits per heavy atom. The van der Waals surface area contributed by atoms with E-state index in [9.17, 15) is 9.90 Å². The number of rotatable bonds is 7. The minimum Gasteiger partial charge on any atom is -0.466 e. The van der Waals surface area contributed by atoms with Gasteiger partial charge in [-0.2, -0.15) is 0 Å². The highest BCUT2D eigenvalue weighted by Crippen LogP contribution is 2.23. The quantitative estimate of drug-likeness (QED) is 0.615. The summed E-state index contributed by atoms with van der Waals surface area (Å²) in [6.07, 6.45) is 3.87. The molecule has 1 aliphatic rings. The highest BCUT2D eigenvalue weighted by atomic mass is 16.5. The Labute approximate surface area is 144 Å². The molecule has 1 fully saturated rings. The van der Waals surface area contributed by atoms with Crippen LogP contribution in [0.4, 0.5) is 0 Å². The zero-order chi connectivity index (χ0) is 17.4. The second-order valence-corrected chi connectivity index (χ2v) is 6.35. The fourth-order valence-electron chi connectivity index (χ4n) is 3.24. The van der Waals surface area contributed by atoms with Gasteiger partial charge in [-0.25, -0.2) is 0 Å². The first-order valence-electron chi connectivity index (χ1n) is 8.70. The standard InChI is InChI=1S/C19H28N2O3/c1-3-24-19(23)11-16-5-4-10-21(13-16)14-18(22)17-8-6-15(7-9-17)12-20-2/h6-9,12,16,18,22H,3-5,10-11,13-14H2,1-2H3. The van der Waals surface area contributed by atoms with Gasteiger partial charge in [0.1, 0.15) is 0 Å². The fourth-order valence-corrected chi connectivity index (χ4v) is 3.24. The molecule has 0 aromatic heterocycles. The molecule has 1 saturated heterocycles. The molecule has 1 N–H and O–H groups in total. The van der Waals surface area contributed by atoms with Gasteiger partial charge in [0.2, 0.25) is 0 Å². The topological polar surface area (TPSA) is 62.1 Å². The summed E-state index contributed by atoms with van der Waals surface area (Å²) in [5, 5.41) is 10.5. The van der Waals surface area contributed by atoms with E-state index in [0.717, 1.165) is 37.1 Å². The number of carbonyl (C=O) groups excluding carboxylic acids is 1. The number of hydrogen-bond acceptors (Lipinski definition) is 5. The molecule has 0 amide bonds. The minimum absolute atomic E-state index is 0.113. The van der Waals surface area contributed by atoms with Gasteiger partial charge in [0.15, 0.2) is 0 Å². The van der Waals surface area contributed by atoms with Crippen molar-refractivity contribution >= 4 is 12.2 Å². The number of likely N-dealkylation sites (tertiary alicyclic amines) is 1. The molecular weight excluding hydrogens is 304 g/mol. The van der Waals surface area contributed by atoms with Crippen LogP contribution in [0.1, 0.15) is 43.4 Å². The van der Waals surface area contributed by atoms with Crippen molar-refractivity contribution in [1.82, 2.24) is 4.90 Å². The Kier molecular flexibility index (Phi) is 7.40. The average molecular weight is 332 g/mol. The van der Waals surface area contributed by atoms with E-state index in [1.165, 1.54) is 0 Å². The van der Waals surface area contributed by atoms with Gasteiger partial charge in [0.25, 0.3) is 0 Å². The summed E-state index contributed by atoms with van der Waals surface area (Å²) in [4.78, 5) is 17.9. The number of esters is 1. The van der Waals surface area contributed by atoms with Crippen molar-refractivity contribution < 1.29 is 14.6 Å². The highest BCUT2D eigenvalue weighted by Gasteiger charge is 2.24. The Bertz CT molecular complexity index is 542. The monoisotopic (exact) mass is 332 g/mol. The molecule has 2 atom stereocenters. The van der Waals surface area contributed by atoms with Gasteiger partial charge in [0.05, 0.1) is 12.7 Å². The van der Waals surface area contributed by atoms with E-state index in [1.54, 1.807) is 13.3 Å². The predicted molar refractivity (Wildman–Crippen MR) is 95.3 cm³/mol. The average Bonchev–Trinajstić information content (AvgIpc) is 2.56. The first-order chi connectivity index (χ1) is 11.6. The van der Waals surface area contributed by atoms with E-state index in [1.807, 2.05) is 31.2 Å². The van der Waals surface area contributed by atoms with Crippen molar-refractivity contribution in [3.8, 4) is 0 Å². The van der Waals surface area contributed by atoms with Crippen LogP contribution in [0.15, 0.2) is 29.3 Å². The van der Waals surface area contributed by atoms with E-state index < -0.39 is 6.10 Å². The Morgan fingerprint density at radius 1 is 1.46 bits per heavy atom. The molecule has 0 bridgehead atoms. The zero-order valence-electron chi connectivity index (χ0n) is 14.6. The smallest absolute Gasteiger partial charge is 0.306 e. The number of nitrogens with zero attached hydrogens (tertiary/aromatic N) is 2. The van der Waals surface area contributed by atoms with E-state index in [4.69, 9.17) is 4.74 Å². The van der Waals surface area contributed by atoms with Crippen LogP contribution in [0.2, 0.25) is 0 Å². The Morgan fingerprint density at radius 2 is 2.21 bits per heavy atom. The summed E-state index contributed by atoms with van der Waals surface area (Å²) in [5.41, 5.74) is 1.94. The van der Waals surface area contributed by atoms with Gasteiger partial charge in [-0.3, -0.25) is 9.79 Å². The molecule has 0 radical (unpaired) electrons. The van der Waals surface area contributed by atoms with Crippen LogP contribution >= 0.6 is 0 Å². The van der Waals surface area contributed by atoms with E-state index in [-0.39, 0.29) is 5.97 Å². The lowest BCUT2D eigenvalue weighted by atomic mass is 9.94. The molecule has 1 aliphatic heterocycles. The van der Waals surface area contributed by atoms with Gasteiger partial charge in [-0.05, 0) is 43.4 Å². The van der Waals surface area contributed by atoms with Crippen LogP contribution in [0, 0.1) is 5.92 Å². The number of carbonyl (C=O) groups is 1. The van der Waals surface area contributed by atoms with Crippen molar-refractivity contribution in [2.75, 3.05) is 33.3 Å². The third kappa shape index (κ3) is 5.73.